The Morgan fingerprint density at radius 3 is 2.18 bits per heavy atom. The summed E-state index contributed by atoms with van der Waals surface area (Å²) >= 11 is 0. The summed E-state index contributed by atoms with van der Waals surface area (Å²) in [5.41, 5.74) is 2.25. The second-order valence-electron chi connectivity index (χ2n) is 8.75. The van der Waals surface area contributed by atoms with E-state index < -0.39 is 30.2 Å². The van der Waals surface area contributed by atoms with Crippen LogP contribution in [0.5, 0.6) is 17.2 Å². The zero-order valence-electron chi connectivity index (χ0n) is 21.3. The fraction of sp³-hybridized carbons (Fsp3) is 0.241. The first-order valence-corrected chi connectivity index (χ1v) is 11.9. The van der Waals surface area contributed by atoms with Gasteiger partial charge in [-0.2, -0.15) is 0 Å². The number of nitrogens with zero attached hydrogens (tertiary/aromatic N) is 1. The molecular weight excluding hydrogens is 490 g/mol. The quantitative estimate of drug-likeness (QED) is 0.238. The summed E-state index contributed by atoms with van der Waals surface area (Å²) in [4.78, 5) is 51.5. The predicted molar refractivity (Wildman–Crippen MR) is 138 cm³/mol. The van der Waals surface area contributed by atoms with Gasteiger partial charge in [-0.3, -0.25) is 14.4 Å². The number of amides is 1. The van der Waals surface area contributed by atoms with E-state index in [0.29, 0.717) is 28.3 Å². The number of carbonyl (C=O) groups excluding carboxylic acids is 4. The van der Waals surface area contributed by atoms with Gasteiger partial charge >= 0.3 is 11.9 Å². The van der Waals surface area contributed by atoms with Crippen LogP contribution >= 0.6 is 0 Å². The number of esters is 2. The average molecular weight is 518 g/mol. The molecule has 0 aliphatic carbocycles. The number of benzene rings is 3. The second-order valence-corrected chi connectivity index (χ2v) is 8.75. The third-order valence-corrected chi connectivity index (χ3v) is 6.16. The number of methoxy groups -OCH3 is 2. The van der Waals surface area contributed by atoms with E-state index >= 15 is 0 Å². The second kappa shape index (κ2) is 11.6. The summed E-state index contributed by atoms with van der Waals surface area (Å²) in [6, 6.07) is 18.0. The SMILES string of the molecule is COc1ccc(N2C[C@H](C(=O)OCC(=O)c3ccc(OC(=O)c4ccc(C)cc4)cc3)CC2=O)c(OC)c1. The number of ketones is 1. The van der Waals surface area contributed by atoms with Gasteiger partial charge < -0.3 is 23.8 Å². The third kappa shape index (κ3) is 6.00. The van der Waals surface area contributed by atoms with E-state index in [1.165, 1.54) is 43.4 Å². The van der Waals surface area contributed by atoms with E-state index in [1.807, 2.05) is 19.1 Å². The Labute approximate surface area is 219 Å². The van der Waals surface area contributed by atoms with Crippen molar-refractivity contribution in [2.75, 3.05) is 32.3 Å². The Kier molecular flexibility index (Phi) is 8.06. The number of ether oxygens (including phenoxy) is 4. The summed E-state index contributed by atoms with van der Waals surface area (Å²) in [5, 5.41) is 0. The van der Waals surface area contributed by atoms with E-state index in [2.05, 4.69) is 0 Å². The van der Waals surface area contributed by atoms with Crippen LogP contribution in [0.1, 0.15) is 32.7 Å². The summed E-state index contributed by atoms with van der Waals surface area (Å²) < 4.78 is 21.1. The van der Waals surface area contributed by atoms with Crippen molar-refractivity contribution in [3.8, 4) is 17.2 Å². The molecular formula is C29H27NO8. The molecule has 1 amide bonds. The first kappa shape index (κ1) is 26.4. The van der Waals surface area contributed by atoms with Crippen molar-refractivity contribution in [2.45, 2.75) is 13.3 Å². The van der Waals surface area contributed by atoms with Gasteiger partial charge in [-0.15, -0.1) is 0 Å². The molecule has 1 saturated heterocycles. The van der Waals surface area contributed by atoms with Crippen LogP contribution in [-0.2, 0) is 14.3 Å². The maximum absolute atomic E-state index is 12.6. The normalized spacial score (nSPS) is 14.7. The highest BCUT2D eigenvalue weighted by Crippen LogP contribution is 2.36. The molecule has 1 aliphatic rings. The molecule has 1 atom stereocenters. The van der Waals surface area contributed by atoms with Gasteiger partial charge in [0.2, 0.25) is 5.91 Å². The standard InChI is InChI=1S/C29H27NO8/c1-18-4-6-20(7-5-18)29(34)38-22-10-8-19(9-11-22)25(31)17-37-28(33)21-14-27(32)30(16-21)24-13-12-23(35-2)15-26(24)36-3/h4-13,15,21H,14,16-17H2,1-3H3/t21-/m1/s1. The van der Waals surface area contributed by atoms with E-state index in [-0.39, 0.29) is 24.6 Å². The Bertz CT molecular complexity index is 1350. The summed E-state index contributed by atoms with van der Waals surface area (Å²) in [7, 11) is 3.01. The van der Waals surface area contributed by atoms with E-state index in [0.717, 1.165) is 5.56 Å². The van der Waals surface area contributed by atoms with Crippen LogP contribution in [0.2, 0.25) is 0 Å². The molecule has 1 aliphatic heterocycles. The van der Waals surface area contributed by atoms with Crippen LogP contribution in [-0.4, -0.2) is 51.0 Å². The highest BCUT2D eigenvalue weighted by atomic mass is 16.5. The van der Waals surface area contributed by atoms with Gasteiger partial charge in [-0.1, -0.05) is 17.7 Å². The minimum atomic E-state index is -0.717. The van der Waals surface area contributed by atoms with Crippen LogP contribution in [0.3, 0.4) is 0 Å². The lowest BCUT2D eigenvalue weighted by Crippen LogP contribution is -2.27. The number of hydrogen-bond acceptors (Lipinski definition) is 8. The van der Waals surface area contributed by atoms with Gasteiger partial charge in [0, 0.05) is 24.6 Å². The number of carbonyl (C=O) groups is 4. The maximum atomic E-state index is 12.6. The average Bonchev–Trinajstić information content (AvgIpc) is 3.33. The summed E-state index contributed by atoms with van der Waals surface area (Å²) in [5.74, 6) is -1.24. The fourth-order valence-corrected chi connectivity index (χ4v) is 4.01. The zero-order chi connectivity index (χ0) is 27.2. The number of Topliss-reactive ketones (excluding diaryl/α,β-unsaturated/α-hetero) is 1. The van der Waals surface area contributed by atoms with Gasteiger partial charge in [0.15, 0.2) is 12.4 Å². The van der Waals surface area contributed by atoms with Gasteiger partial charge in [-0.25, -0.2) is 4.79 Å². The monoisotopic (exact) mass is 517 g/mol. The van der Waals surface area contributed by atoms with Crippen molar-refractivity contribution < 1.29 is 38.1 Å². The smallest absolute Gasteiger partial charge is 0.343 e. The summed E-state index contributed by atoms with van der Waals surface area (Å²) in [6.07, 6.45) is -0.0384. The highest BCUT2D eigenvalue weighted by molar-refractivity contribution is 6.02. The van der Waals surface area contributed by atoms with Crippen molar-refractivity contribution in [3.05, 3.63) is 83.4 Å². The number of hydrogen-bond donors (Lipinski definition) is 0. The van der Waals surface area contributed by atoms with Crippen molar-refractivity contribution >= 4 is 29.3 Å². The minimum Gasteiger partial charge on any atom is -0.497 e. The van der Waals surface area contributed by atoms with E-state index in [9.17, 15) is 19.2 Å². The molecule has 3 aromatic carbocycles. The number of aryl methyl sites for hydroxylation is 1. The molecule has 3 aromatic rings. The van der Waals surface area contributed by atoms with E-state index in [4.69, 9.17) is 18.9 Å². The molecule has 0 radical (unpaired) electrons. The maximum Gasteiger partial charge on any atom is 0.343 e. The number of anilines is 1. The molecule has 4 rings (SSSR count). The van der Waals surface area contributed by atoms with Crippen LogP contribution in [0, 0.1) is 12.8 Å². The van der Waals surface area contributed by atoms with Crippen LogP contribution < -0.4 is 19.1 Å². The molecule has 0 spiro atoms. The van der Waals surface area contributed by atoms with Crippen LogP contribution in [0.4, 0.5) is 5.69 Å². The summed E-state index contributed by atoms with van der Waals surface area (Å²) in [6.45, 7) is 1.55. The van der Waals surface area contributed by atoms with Gasteiger partial charge in [0.25, 0.3) is 0 Å². The van der Waals surface area contributed by atoms with Crippen molar-refractivity contribution in [3.63, 3.8) is 0 Å². The molecule has 1 fully saturated rings. The molecule has 0 unspecified atom stereocenters. The highest BCUT2D eigenvalue weighted by Gasteiger charge is 2.37. The molecule has 196 valence electrons. The lowest BCUT2D eigenvalue weighted by atomic mass is 10.1. The molecule has 0 aromatic heterocycles. The van der Waals surface area contributed by atoms with Gasteiger partial charge in [0.1, 0.15) is 17.2 Å². The topological polar surface area (TPSA) is 108 Å². The largest absolute Gasteiger partial charge is 0.497 e. The molecule has 0 saturated carbocycles. The predicted octanol–water partition coefficient (Wildman–Crippen LogP) is 4.01. The first-order chi connectivity index (χ1) is 18.3. The van der Waals surface area contributed by atoms with Crippen LogP contribution in [0.25, 0.3) is 0 Å². The first-order valence-electron chi connectivity index (χ1n) is 11.9. The Morgan fingerprint density at radius 1 is 0.868 bits per heavy atom. The van der Waals surface area contributed by atoms with Crippen molar-refractivity contribution in [1.29, 1.82) is 0 Å². The molecule has 1 heterocycles. The molecule has 0 N–H and O–H groups in total. The van der Waals surface area contributed by atoms with Gasteiger partial charge in [-0.05, 0) is 55.5 Å². The molecule has 9 heteroatoms. The lowest BCUT2D eigenvalue weighted by molar-refractivity contribution is -0.147. The Hall–Kier alpha value is -4.66. The fourth-order valence-electron chi connectivity index (χ4n) is 4.01. The van der Waals surface area contributed by atoms with Gasteiger partial charge in [0.05, 0.1) is 31.4 Å². The number of rotatable bonds is 9. The van der Waals surface area contributed by atoms with Crippen molar-refractivity contribution in [1.82, 2.24) is 0 Å². The Morgan fingerprint density at radius 2 is 1.53 bits per heavy atom. The Balaban J connectivity index is 1.31. The third-order valence-electron chi connectivity index (χ3n) is 6.16. The molecule has 9 nitrogen and oxygen atoms in total. The zero-order valence-corrected chi connectivity index (χ0v) is 21.3. The minimum absolute atomic E-state index is 0.0384. The van der Waals surface area contributed by atoms with E-state index in [1.54, 1.807) is 30.3 Å². The lowest BCUT2D eigenvalue weighted by Gasteiger charge is -2.20. The molecule has 0 bridgehead atoms. The molecule has 38 heavy (non-hydrogen) atoms. The van der Waals surface area contributed by atoms with Crippen molar-refractivity contribution in [2.24, 2.45) is 5.92 Å². The van der Waals surface area contributed by atoms with Crippen LogP contribution in [0.15, 0.2) is 66.7 Å².